The van der Waals surface area contributed by atoms with Gasteiger partial charge in [-0.2, -0.15) is 11.8 Å². The second-order valence-electron chi connectivity index (χ2n) is 3.39. The monoisotopic (exact) mass is 241 g/mol. The summed E-state index contributed by atoms with van der Waals surface area (Å²) < 4.78 is 0. The van der Waals surface area contributed by atoms with Gasteiger partial charge in [-0.1, -0.05) is 6.92 Å². The van der Waals surface area contributed by atoms with Gasteiger partial charge < -0.3 is 5.32 Å². The Balaban J connectivity index is 2.56. The highest BCUT2D eigenvalue weighted by atomic mass is 32.2. The molecule has 0 radical (unpaired) electrons. The number of anilines is 1. The largest absolute Gasteiger partial charge is 0.364 e. The Morgan fingerprint density at radius 3 is 3.06 bits per heavy atom. The van der Waals surface area contributed by atoms with E-state index in [2.05, 4.69) is 17.2 Å². The predicted octanol–water partition coefficient (Wildman–Crippen LogP) is 2.54. The first-order chi connectivity index (χ1) is 7.65. The van der Waals surface area contributed by atoms with Crippen LogP contribution in [0, 0.1) is 10.1 Å². The van der Waals surface area contributed by atoms with Crippen LogP contribution in [-0.4, -0.2) is 28.0 Å². The van der Waals surface area contributed by atoms with Crippen LogP contribution in [0.2, 0.25) is 0 Å². The minimum atomic E-state index is -0.423. The van der Waals surface area contributed by atoms with Crippen molar-refractivity contribution in [2.45, 2.75) is 18.6 Å². The Morgan fingerprint density at radius 2 is 2.44 bits per heavy atom. The van der Waals surface area contributed by atoms with Gasteiger partial charge in [-0.05, 0) is 18.7 Å². The van der Waals surface area contributed by atoms with E-state index in [4.69, 9.17) is 0 Å². The number of nitrogens with one attached hydrogen (secondary N) is 1. The summed E-state index contributed by atoms with van der Waals surface area (Å²) in [6.07, 6.45) is 4.55. The number of pyridine rings is 1. The van der Waals surface area contributed by atoms with Crippen molar-refractivity contribution in [2.24, 2.45) is 0 Å². The topological polar surface area (TPSA) is 68.1 Å². The number of hydrogen-bond acceptors (Lipinski definition) is 5. The molecule has 88 valence electrons. The summed E-state index contributed by atoms with van der Waals surface area (Å²) >= 11 is 1.78. The average Bonchev–Trinajstić information content (AvgIpc) is 2.29. The molecule has 1 N–H and O–H groups in total. The standard InChI is InChI=1S/C10H15N3O2S/c1-8(16-2)5-7-12-10-9(13(14)15)4-3-6-11-10/h3-4,6,8H,5,7H2,1-2H3,(H,11,12). The number of aromatic nitrogens is 1. The molecule has 1 heterocycles. The Hall–Kier alpha value is -1.30. The maximum Gasteiger partial charge on any atom is 0.311 e. The zero-order valence-electron chi connectivity index (χ0n) is 9.34. The average molecular weight is 241 g/mol. The van der Waals surface area contributed by atoms with E-state index in [-0.39, 0.29) is 5.69 Å². The summed E-state index contributed by atoms with van der Waals surface area (Å²) in [7, 11) is 0. The van der Waals surface area contributed by atoms with Gasteiger partial charge in [0.15, 0.2) is 0 Å². The lowest BCUT2D eigenvalue weighted by Crippen LogP contribution is -2.10. The van der Waals surface area contributed by atoms with E-state index in [1.54, 1.807) is 24.0 Å². The SMILES string of the molecule is CSC(C)CCNc1ncccc1[N+](=O)[O-]. The van der Waals surface area contributed by atoms with E-state index in [1.807, 2.05) is 6.26 Å². The van der Waals surface area contributed by atoms with Crippen molar-refractivity contribution in [1.82, 2.24) is 4.98 Å². The molecule has 0 aliphatic heterocycles. The molecule has 1 atom stereocenters. The summed E-state index contributed by atoms with van der Waals surface area (Å²) in [4.78, 5) is 14.2. The van der Waals surface area contributed by atoms with Crippen LogP contribution in [0.3, 0.4) is 0 Å². The fraction of sp³-hybridized carbons (Fsp3) is 0.500. The molecule has 0 fully saturated rings. The Bertz CT molecular complexity index is 360. The quantitative estimate of drug-likeness (QED) is 0.612. The normalized spacial score (nSPS) is 12.1. The van der Waals surface area contributed by atoms with E-state index >= 15 is 0 Å². The zero-order chi connectivity index (χ0) is 12.0. The molecule has 1 rings (SSSR count). The van der Waals surface area contributed by atoms with Crippen LogP contribution in [0.5, 0.6) is 0 Å². The van der Waals surface area contributed by atoms with Crippen molar-refractivity contribution >= 4 is 23.3 Å². The van der Waals surface area contributed by atoms with Gasteiger partial charge in [0.2, 0.25) is 5.82 Å². The second-order valence-corrected chi connectivity index (χ2v) is 4.67. The number of thioether (sulfide) groups is 1. The summed E-state index contributed by atoms with van der Waals surface area (Å²) in [5, 5.41) is 14.2. The van der Waals surface area contributed by atoms with Crippen molar-refractivity contribution < 1.29 is 4.92 Å². The number of rotatable bonds is 6. The minimum Gasteiger partial charge on any atom is -0.364 e. The van der Waals surface area contributed by atoms with Crippen LogP contribution < -0.4 is 5.32 Å². The highest BCUT2D eigenvalue weighted by Crippen LogP contribution is 2.20. The summed E-state index contributed by atoms with van der Waals surface area (Å²) in [5.74, 6) is 0.348. The Morgan fingerprint density at radius 1 is 1.69 bits per heavy atom. The third-order valence-electron chi connectivity index (χ3n) is 2.23. The molecular formula is C10H15N3O2S. The van der Waals surface area contributed by atoms with Crippen molar-refractivity contribution in [1.29, 1.82) is 0 Å². The number of nitrogens with zero attached hydrogens (tertiary/aromatic N) is 2. The molecule has 0 saturated heterocycles. The second kappa shape index (κ2) is 6.32. The molecule has 16 heavy (non-hydrogen) atoms. The summed E-state index contributed by atoms with van der Waals surface area (Å²) in [6, 6.07) is 3.02. The highest BCUT2D eigenvalue weighted by molar-refractivity contribution is 7.99. The summed E-state index contributed by atoms with van der Waals surface area (Å²) in [5.41, 5.74) is 0.0271. The van der Waals surface area contributed by atoms with E-state index in [0.29, 0.717) is 17.6 Å². The maximum absolute atomic E-state index is 10.7. The van der Waals surface area contributed by atoms with Crippen LogP contribution in [-0.2, 0) is 0 Å². The molecule has 0 spiro atoms. The van der Waals surface area contributed by atoms with Gasteiger partial charge in [0.25, 0.3) is 0 Å². The van der Waals surface area contributed by atoms with E-state index in [1.165, 1.54) is 6.07 Å². The van der Waals surface area contributed by atoms with Crippen LogP contribution in [0.1, 0.15) is 13.3 Å². The van der Waals surface area contributed by atoms with Gasteiger partial charge in [-0.15, -0.1) is 0 Å². The molecule has 1 unspecified atom stereocenters. The first-order valence-electron chi connectivity index (χ1n) is 5.01. The molecule has 6 heteroatoms. The smallest absolute Gasteiger partial charge is 0.311 e. The number of hydrogen-bond donors (Lipinski definition) is 1. The summed E-state index contributed by atoms with van der Waals surface area (Å²) in [6.45, 7) is 2.82. The fourth-order valence-electron chi connectivity index (χ4n) is 1.19. The molecule has 0 aliphatic rings. The van der Waals surface area contributed by atoms with Gasteiger partial charge in [0.05, 0.1) is 4.92 Å². The van der Waals surface area contributed by atoms with Crippen molar-refractivity contribution in [3.8, 4) is 0 Å². The van der Waals surface area contributed by atoms with Gasteiger partial charge in [-0.3, -0.25) is 10.1 Å². The number of nitro groups is 1. The van der Waals surface area contributed by atoms with Crippen molar-refractivity contribution in [2.75, 3.05) is 18.1 Å². The van der Waals surface area contributed by atoms with Crippen LogP contribution in [0.15, 0.2) is 18.3 Å². The maximum atomic E-state index is 10.7. The molecule has 0 amide bonds. The molecule has 5 nitrogen and oxygen atoms in total. The first kappa shape index (κ1) is 12.8. The van der Waals surface area contributed by atoms with E-state index in [0.717, 1.165) is 6.42 Å². The lowest BCUT2D eigenvalue weighted by Gasteiger charge is -2.09. The molecule has 0 aliphatic carbocycles. The lowest BCUT2D eigenvalue weighted by molar-refractivity contribution is -0.384. The Labute approximate surface area is 98.8 Å². The van der Waals surface area contributed by atoms with Gasteiger partial charge >= 0.3 is 5.69 Å². The van der Waals surface area contributed by atoms with Crippen molar-refractivity contribution in [3.05, 3.63) is 28.4 Å². The fourth-order valence-corrected chi connectivity index (χ4v) is 1.55. The van der Waals surface area contributed by atoms with Crippen molar-refractivity contribution in [3.63, 3.8) is 0 Å². The minimum absolute atomic E-state index is 0.0271. The van der Waals surface area contributed by atoms with Gasteiger partial charge in [0, 0.05) is 24.1 Å². The molecule has 0 aromatic carbocycles. The lowest BCUT2D eigenvalue weighted by atomic mass is 10.3. The Kier molecular flexibility index (Phi) is 5.04. The zero-order valence-corrected chi connectivity index (χ0v) is 10.2. The first-order valence-corrected chi connectivity index (χ1v) is 6.30. The highest BCUT2D eigenvalue weighted by Gasteiger charge is 2.13. The molecule has 1 aromatic heterocycles. The third-order valence-corrected chi connectivity index (χ3v) is 3.27. The van der Waals surface area contributed by atoms with E-state index < -0.39 is 4.92 Å². The van der Waals surface area contributed by atoms with Gasteiger partial charge in [-0.25, -0.2) is 4.98 Å². The van der Waals surface area contributed by atoms with Crippen LogP contribution in [0.4, 0.5) is 11.5 Å². The third kappa shape index (κ3) is 3.69. The van der Waals surface area contributed by atoms with Gasteiger partial charge in [0.1, 0.15) is 0 Å². The van der Waals surface area contributed by atoms with Crippen LogP contribution in [0.25, 0.3) is 0 Å². The molecular weight excluding hydrogens is 226 g/mol. The predicted molar refractivity (Wildman–Crippen MR) is 67.0 cm³/mol. The molecule has 1 aromatic rings. The molecule has 0 bridgehead atoms. The molecule has 0 saturated carbocycles. The van der Waals surface area contributed by atoms with Crippen LogP contribution >= 0.6 is 11.8 Å². The van der Waals surface area contributed by atoms with E-state index in [9.17, 15) is 10.1 Å².